The van der Waals surface area contributed by atoms with Crippen LogP contribution in [0.3, 0.4) is 0 Å². The second-order valence-corrected chi connectivity index (χ2v) is 3.74. The molecular formula is C11H11F2N3O2. The lowest BCUT2D eigenvalue weighted by atomic mass is 10.0. The number of rotatable bonds is 4. The molecule has 2 atom stereocenters. The average Bonchev–Trinajstić information content (AvgIpc) is 2.85. The van der Waals surface area contributed by atoms with Crippen molar-refractivity contribution in [1.82, 2.24) is 14.8 Å². The Kier molecular flexibility index (Phi) is 3.63. The Morgan fingerprint density at radius 2 is 2.11 bits per heavy atom. The first-order valence-electron chi connectivity index (χ1n) is 5.21. The molecule has 0 saturated carbocycles. The highest BCUT2D eigenvalue weighted by Crippen LogP contribution is 2.24. The summed E-state index contributed by atoms with van der Waals surface area (Å²) in [5, 5.41) is 22.5. The number of aliphatic hydroxyl groups excluding tert-OH is 2. The Balaban J connectivity index is 2.46. The van der Waals surface area contributed by atoms with E-state index in [9.17, 15) is 13.9 Å². The monoisotopic (exact) mass is 255 g/mol. The summed E-state index contributed by atoms with van der Waals surface area (Å²) in [6.45, 7) is -0.582. The molecule has 0 amide bonds. The van der Waals surface area contributed by atoms with E-state index in [2.05, 4.69) is 10.1 Å². The minimum atomic E-state index is -1.27. The van der Waals surface area contributed by atoms with Gasteiger partial charge in [-0.25, -0.2) is 18.4 Å². The van der Waals surface area contributed by atoms with E-state index < -0.39 is 30.4 Å². The highest BCUT2D eigenvalue weighted by Gasteiger charge is 2.26. The van der Waals surface area contributed by atoms with Gasteiger partial charge in [0.1, 0.15) is 36.4 Å². The van der Waals surface area contributed by atoms with Crippen LogP contribution in [-0.2, 0) is 0 Å². The summed E-state index contributed by atoms with van der Waals surface area (Å²) in [7, 11) is 0. The number of halogens is 2. The molecular weight excluding hydrogens is 244 g/mol. The zero-order valence-electron chi connectivity index (χ0n) is 9.24. The standard InChI is InChI=1S/C11H11F2N3O2/c12-7-1-2-8(9(13)3-7)11(10(18)4-17)16-6-14-5-15-16/h1-3,5-6,10-11,17-18H,4H2. The van der Waals surface area contributed by atoms with Gasteiger partial charge < -0.3 is 10.2 Å². The van der Waals surface area contributed by atoms with Gasteiger partial charge >= 0.3 is 0 Å². The third-order valence-electron chi connectivity index (χ3n) is 2.55. The maximum Gasteiger partial charge on any atom is 0.137 e. The lowest BCUT2D eigenvalue weighted by Crippen LogP contribution is -2.29. The minimum absolute atomic E-state index is 0.0310. The van der Waals surface area contributed by atoms with Gasteiger partial charge in [0.25, 0.3) is 0 Å². The predicted molar refractivity (Wildman–Crippen MR) is 57.6 cm³/mol. The summed E-state index contributed by atoms with van der Waals surface area (Å²) in [6, 6.07) is 2.03. The molecule has 0 bridgehead atoms. The van der Waals surface area contributed by atoms with Crippen LogP contribution in [0, 0.1) is 11.6 Å². The summed E-state index contributed by atoms with van der Waals surface area (Å²) in [4.78, 5) is 3.70. The van der Waals surface area contributed by atoms with Crippen molar-refractivity contribution in [3.05, 3.63) is 48.1 Å². The molecule has 0 radical (unpaired) electrons. The highest BCUT2D eigenvalue weighted by atomic mass is 19.1. The highest BCUT2D eigenvalue weighted by molar-refractivity contribution is 5.23. The molecule has 2 N–H and O–H groups in total. The number of nitrogens with zero attached hydrogens (tertiary/aromatic N) is 3. The Hall–Kier alpha value is -1.86. The maximum atomic E-state index is 13.7. The van der Waals surface area contributed by atoms with E-state index in [4.69, 9.17) is 5.11 Å². The maximum absolute atomic E-state index is 13.7. The molecule has 0 saturated heterocycles. The summed E-state index contributed by atoms with van der Waals surface area (Å²) in [5.74, 6) is -1.53. The fourth-order valence-corrected chi connectivity index (χ4v) is 1.73. The molecule has 7 heteroatoms. The number of hydrogen-bond donors (Lipinski definition) is 2. The molecule has 0 aliphatic rings. The number of aromatic nitrogens is 3. The van der Waals surface area contributed by atoms with Gasteiger partial charge in [0.15, 0.2) is 0 Å². The van der Waals surface area contributed by atoms with Gasteiger partial charge in [-0.2, -0.15) is 5.10 Å². The quantitative estimate of drug-likeness (QED) is 0.834. The smallest absolute Gasteiger partial charge is 0.137 e. The van der Waals surface area contributed by atoms with Crippen LogP contribution in [0.1, 0.15) is 11.6 Å². The molecule has 0 aliphatic carbocycles. The van der Waals surface area contributed by atoms with Gasteiger partial charge in [-0.05, 0) is 6.07 Å². The van der Waals surface area contributed by atoms with Crippen molar-refractivity contribution >= 4 is 0 Å². The molecule has 0 fully saturated rings. The third-order valence-corrected chi connectivity index (χ3v) is 2.55. The summed E-state index contributed by atoms with van der Waals surface area (Å²) < 4.78 is 27.8. The van der Waals surface area contributed by atoms with Gasteiger partial charge in [-0.15, -0.1) is 0 Å². The second-order valence-electron chi connectivity index (χ2n) is 3.74. The van der Waals surface area contributed by atoms with Crippen LogP contribution in [0.15, 0.2) is 30.9 Å². The normalized spacial score (nSPS) is 14.4. The molecule has 18 heavy (non-hydrogen) atoms. The number of hydrogen-bond acceptors (Lipinski definition) is 4. The van der Waals surface area contributed by atoms with Crippen LogP contribution >= 0.6 is 0 Å². The van der Waals surface area contributed by atoms with E-state index in [0.29, 0.717) is 6.07 Å². The fourth-order valence-electron chi connectivity index (χ4n) is 1.73. The van der Waals surface area contributed by atoms with Crippen LogP contribution in [0.25, 0.3) is 0 Å². The third kappa shape index (κ3) is 2.36. The molecule has 0 spiro atoms. The van der Waals surface area contributed by atoms with Crippen molar-refractivity contribution in [3.63, 3.8) is 0 Å². The largest absolute Gasteiger partial charge is 0.394 e. The van der Waals surface area contributed by atoms with Crippen molar-refractivity contribution in [2.75, 3.05) is 6.61 Å². The van der Waals surface area contributed by atoms with Crippen LogP contribution in [0.2, 0.25) is 0 Å². The van der Waals surface area contributed by atoms with E-state index >= 15 is 0 Å². The van der Waals surface area contributed by atoms with Gasteiger partial charge in [0.2, 0.25) is 0 Å². The van der Waals surface area contributed by atoms with Crippen molar-refractivity contribution in [1.29, 1.82) is 0 Å². The zero-order valence-corrected chi connectivity index (χ0v) is 9.24. The Labute approximate surface area is 101 Å². The van der Waals surface area contributed by atoms with Crippen molar-refractivity contribution in [2.45, 2.75) is 12.1 Å². The van der Waals surface area contributed by atoms with E-state index in [1.165, 1.54) is 23.4 Å². The first kappa shape index (κ1) is 12.6. The molecule has 96 valence electrons. The van der Waals surface area contributed by atoms with Crippen LogP contribution < -0.4 is 0 Å². The van der Waals surface area contributed by atoms with Crippen molar-refractivity contribution < 1.29 is 19.0 Å². The topological polar surface area (TPSA) is 71.2 Å². The van der Waals surface area contributed by atoms with Crippen LogP contribution in [-0.4, -0.2) is 37.7 Å². The van der Waals surface area contributed by atoms with Gasteiger partial charge in [-0.1, -0.05) is 6.07 Å². The Bertz CT molecular complexity index is 519. The van der Waals surface area contributed by atoms with E-state index in [0.717, 1.165) is 6.07 Å². The molecule has 0 aliphatic heterocycles. The zero-order chi connectivity index (χ0) is 13.1. The average molecular weight is 255 g/mol. The summed E-state index contributed by atoms with van der Waals surface area (Å²) >= 11 is 0. The van der Waals surface area contributed by atoms with Gasteiger partial charge in [0.05, 0.1) is 6.61 Å². The summed E-state index contributed by atoms with van der Waals surface area (Å²) in [5.41, 5.74) is 0.0310. The molecule has 5 nitrogen and oxygen atoms in total. The molecule has 1 aromatic carbocycles. The first-order chi connectivity index (χ1) is 8.63. The summed E-state index contributed by atoms with van der Waals surface area (Å²) in [6.07, 6.45) is 1.23. The molecule has 2 aromatic rings. The van der Waals surface area contributed by atoms with Crippen molar-refractivity contribution in [2.24, 2.45) is 0 Å². The lowest BCUT2D eigenvalue weighted by molar-refractivity contribution is 0.0591. The number of aliphatic hydroxyl groups is 2. The van der Waals surface area contributed by atoms with Crippen LogP contribution in [0.4, 0.5) is 8.78 Å². The molecule has 2 unspecified atom stereocenters. The SMILES string of the molecule is OCC(O)C(c1ccc(F)cc1F)n1cncn1. The van der Waals surface area contributed by atoms with Gasteiger partial charge in [-0.3, -0.25) is 0 Å². The fraction of sp³-hybridized carbons (Fsp3) is 0.273. The van der Waals surface area contributed by atoms with E-state index in [1.807, 2.05) is 0 Å². The number of benzene rings is 1. The lowest BCUT2D eigenvalue weighted by Gasteiger charge is -2.22. The van der Waals surface area contributed by atoms with Gasteiger partial charge in [0, 0.05) is 11.6 Å². The first-order valence-corrected chi connectivity index (χ1v) is 5.21. The molecule has 1 heterocycles. The van der Waals surface area contributed by atoms with Crippen molar-refractivity contribution in [3.8, 4) is 0 Å². The Morgan fingerprint density at radius 3 is 2.67 bits per heavy atom. The van der Waals surface area contributed by atoms with Crippen LogP contribution in [0.5, 0.6) is 0 Å². The van der Waals surface area contributed by atoms with E-state index in [1.54, 1.807) is 0 Å². The minimum Gasteiger partial charge on any atom is -0.394 e. The molecule has 1 aromatic heterocycles. The van der Waals surface area contributed by atoms with E-state index in [-0.39, 0.29) is 5.56 Å². The Morgan fingerprint density at radius 1 is 1.33 bits per heavy atom. The second kappa shape index (κ2) is 5.19. The molecule has 2 rings (SSSR count). The predicted octanol–water partition coefficient (Wildman–Crippen LogP) is 0.499.